The third-order valence-corrected chi connectivity index (χ3v) is 6.70. The summed E-state index contributed by atoms with van der Waals surface area (Å²) in [7, 11) is 0. The van der Waals surface area contributed by atoms with Crippen LogP contribution in [0.3, 0.4) is 0 Å². The fourth-order valence-corrected chi connectivity index (χ4v) is 4.52. The van der Waals surface area contributed by atoms with Crippen molar-refractivity contribution in [1.29, 1.82) is 0 Å². The first-order valence-electron chi connectivity index (χ1n) is 8.06. The zero-order chi connectivity index (χ0) is 19.6. The van der Waals surface area contributed by atoms with E-state index >= 15 is 0 Å². The highest BCUT2D eigenvalue weighted by molar-refractivity contribution is 9.10. The molecule has 0 atom stereocenters. The number of hydrogen-bond donors (Lipinski definition) is 0. The van der Waals surface area contributed by atoms with Crippen LogP contribution >= 0.6 is 67.4 Å². The third-order valence-electron chi connectivity index (χ3n) is 3.68. The Labute approximate surface area is 189 Å². The third kappa shape index (κ3) is 4.77. The van der Waals surface area contributed by atoms with Gasteiger partial charge in [-0.05, 0) is 64.8 Å². The molecule has 1 aliphatic heterocycles. The number of hydrogen-bond acceptors (Lipinski definition) is 4. The number of carbonyl (C=O) groups is 1. The van der Waals surface area contributed by atoms with Crippen LogP contribution in [0.1, 0.15) is 18.9 Å². The Hall–Kier alpha value is -0.860. The molecule has 0 spiro atoms. The summed E-state index contributed by atoms with van der Waals surface area (Å²) in [5.74, 6) is 0.557. The Morgan fingerprint density at radius 3 is 2.74 bits per heavy atom. The van der Waals surface area contributed by atoms with Gasteiger partial charge in [-0.1, -0.05) is 58.4 Å². The van der Waals surface area contributed by atoms with Crippen LogP contribution in [0.4, 0.5) is 5.69 Å². The second-order valence-corrected chi connectivity index (χ2v) is 9.50. The number of anilines is 1. The van der Waals surface area contributed by atoms with Gasteiger partial charge >= 0.3 is 0 Å². The summed E-state index contributed by atoms with van der Waals surface area (Å²) in [5, 5.41) is 0.521. The van der Waals surface area contributed by atoms with Crippen LogP contribution in [0, 0.1) is 0 Å². The van der Waals surface area contributed by atoms with Gasteiger partial charge in [0.15, 0.2) is 4.32 Å². The van der Waals surface area contributed by atoms with Crippen LogP contribution in [-0.4, -0.2) is 16.8 Å². The zero-order valence-electron chi connectivity index (χ0n) is 14.2. The number of carbonyl (C=O) groups excluding carboxylic acids is 1. The average molecular weight is 548 g/mol. The Bertz CT molecular complexity index is 949. The van der Waals surface area contributed by atoms with Crippen molar-refractivity contribution in [2.24, 2.45) is 0 Å². The number of amides is 1. The van der Waals surface area contributed by atoms with Crippen molar-refractivity contribution in [3.8, 4) is 5.75 Å². The summed E-state index contributed by atoms with van der Waals surface area (Å²) in [4.78, 5) is 15.0. The Morgan fingerprint density at radius 2 is 2.04 bits per heavy atom. The maximum absolute atomic E-state index is 13.0. The Kier molecular flexibility index (Phi) is 7.03. The van der Waals surface area contributed by atoms with Crippen molar-refractivity contribution >= 4 is 89.4 Å². The standard InChI is InChI=1S/C19H14Br2ClNO2S2/c1-2-7-25-16-6-3-12(20)8-11(16)9-17-18(24)23(19(26)27-17)13-4-5-14(21)15(22)10-13/h3-6,8-10H,2,7H2,1H3/b17-9+. The summed E-state index contributed by atoms with van der Waals surface area (Å²) >= 11 is 19.7. The zero-order valence-corrected chi connectivity index (χ0v) is 19.7. The fourth-order valence-electron chi connectivity index (χ4n) is 2.43. The molecule has 1 fully saturated rings. The lowest BCUT2D eigenvalue weighted by atomic mass is 10.2. The van der Waals surface area contributed by atoms with E-state index in [1.54, 1.807) is 18.2 Å². The molecule has 0 aromatic heterocycles. The summed E-state index contributed by atoms with van der Waals surface area (Å²) in [5.41, 5.74) is 1.47. The average Bonchev–Trinajstić information content (AvgIpc) is 2.90. The van der Waals surface area contributed by atoms with E-state index in [4.69, 9.17) is 28.6 Å². The number of ether oxygens (including phenoxy) is 1. The smallest absolute Gasteiger partial charge is 0.270 e. The molecule has 1 amide bonds. The van der Waals surface area contributed by atoms with Crippen LogP contribution in [0.15, 0.2) is 50.2 Å². The summed E-state index contributed by atoms with van der Waals surface area (Å²) < 4.78 is 7.94. The van der Waals surface area contributed by atoms with Gasteiger partial charge in [0, 0.05) is 14.5 Å². The van der Waals surface area contributed by atoms with Gasteiger partial charge in [-0.2, -0.15) is 0 Å². The van der Waals surface area contributed by atoms with E-state index in [2.05, 4.69) is 31.9 Å². The van der Waals surface area contributed by atoms with E-state index in [-0.39, 0.29) is 5.91 Å². The first-order chi connectivity index (χ1) is 12.9. The monoisotopic (exact) mass is 545 g/mol. The number of halogens is 3. The molecule has 8 heteroatoms. The van der Waals surface area contributed by atoms with Gasteiger partial charge < -0.3 is 4.74 Å². The minimum absolute atomic E-state index is 0.176. The molecule has 2 aromatic carbocycles. The molecule has 3 rings (SSSR count). The molecule has 0 aliphatic carbocycles. The molecule has 1 saturated heterocycles. The highest BCUT2D eigenvalue weighted by atomic mass is 79.9. The van der Waals surface area contributed by atoms with E-state index in [0.717, 1.165) is 26.7 Å². The van der Waals surface area contributed by atoms with Crippen molar-refractivity contribution in [3.63, 3.8) is 0 Å². The van der Waals surface area contributed by atoms with Crippen LogP contribution in [0.2, 0.25) is 5.02 Å². The summed E-state index contributed by atoms with van der Waals surface area (Å²) in [6.07, 6.45) is 2.72. The number of rotatable bonds is 5. The lowest BCUT2D eigenvalue weighted by Gasteiger charge is -2.15. The predicted molar refractivity (Wildman–Crippen MR) is 125 cm³/mol. The largest absolute Gasteiger partial charge is 0.493 e. The van der Waals surface area contributed by atoms with Crippen molar-refractivity contribution < 1.29 is 9.53 Å². The van der Waals surface area contributed by atoms with Gasteiger partial charge in [0.25, 0.3) is 5.91 Å². The molecule has 3 nitrogen and oxygen atoms in total. The van der Waals surface area contributed by atoms with E-state index < -0.39 is 0 Å². The minimum atomic E-state index is -0.176. The van der Waals surface area contributed by atoms with Crippen LogP contribution in [0.25, 0.3) is 6.08 Å². The molecular weight excluding hydrogens is 534 g/mol. The molecular formula is C19H14Br2ClNO2S2. The first-order valence-corrected chi connectivity index (χ1v) is 11.2. The lowest BCUT2D eigenvalue weighted by molar-refractivity contribution is -0.113. The SMILES string of the molecule is CCCOc1ccc(Br)cc1/C=C1/SC(=S)N(c2ccc(Br)c(Cl)c2)C1=O. The quantitative estimate of drug-likeness (QED) is 0.296. The molecule has 140 valence electrons. The van der Waals surface area contributed by atoms with Gasteiger partial charge in [-0.25, -0.2) is 0 Å². The van der Waals surface area contributed by atoms with Crippen molar-refractivity contribution in [2.75, 3.05) is 11.5 Å². The highest BCUT2D eigenvalue weighted by Gasteiger charge is 2.33. The Balaban J connectivity index is 1.95. The van der Waals surface area contributed by atoms with Crippen LogP contribution < -0.4 is 9.64 Å². The highest BCUT2D eigenvalue weighted by Crippen LogP contribution is 2.39. The van der Waals surface area contributed by atoms with Gasteiger partial charge in [0.1, 0.15) is 5.75 Å². The molecule has 0 unspecified atom stereocenters. The normalized spacial score (nSPS) is 15.7. The van der Waals surface area contributed by atoms with Crippen molar-refractivity contribution in [3.05, 3.63) is 60.8 Å². The van der Waals surface area contributed by atoms with Crippen molar-refractivity contribution in [1.82, 2.24) is 0 Å². The molecule has 0 radical (unpaired) electrons. The number of thioether (sulfide) groups is 1. The lowest BCUT2D eigenvalue weighted by Crippen LogP contribution is -2.27. The minimum Gasteiger partial charge on any atom is -0.493 e. The number of nitrogens with zero attached hydrogens (tertiary/aromatic N) is 1. The van der Waals surface area contributed by atoms with Crippen molar-refractivity contribution in [2.45, 2.75) is 13.3 Å². The van der Waals surface area contributed by atoms with Gasteiger partial charge in [-0.3, -0.25) is 9.69 Å². The summed E-state index contributed by atoms with van der Waals surface area (Å²) in [6.45, 7) is 2.66. The van der Waals surface area contributed by atoms with Gasteiger partial charge in [-0.15, -0.1) is 0 Å². The van der Waals surface area contributed by atoms with E-state index in [9.17, 15) is 4.79 Å². The first kappa shape index (κ1) is 20.9. The molecule has 2 aromatic rings. The maximum atomic E-state index is 13.0. The molecule has 27 heavy (non-hydrogen) atoms. The molecule has 1 heterocycles. The van der Waals surface area contributed by atoms with Gasteiger partial charge in [0.05, 0.1) is 22.2 Å². The van der Waals surface area contributed by atoms with Crippen LogP contribution in [0.5, 0.6) is 5.75 Å². The Morgan fingerprint density at radius 1 is 1.26 bits per heavy atom. The molecule has 0 bridgehead atoms. The van der Waals surface area contributed by atoms with E-state index in [1.165, 1.54) is 16.7 Å². The molecule has 0 N–H and O–H groups in total. The second kappa shape index (κ2) is 9.09. The second-order valence-electron chi connectivity index (χ2n) is 5.65. The van der Waals surface area contributed by atoms with E-state index in [1.807, 2.05) is 31.2 Å². The fraction of sp³-hybridized carbons (Fsp3) is 0.158. The van der Waals surface area contributed by atoms with Gasteiger partial charge in [0.2, 0.25) is 0 Å². The maximum Gasteiger partial charge on any atom is 0.270 e. The predicted octanol–water partition coefficient (Wildman–Crippen LogP) is 7.06. The molecule has 1 aliphatic rings. The van der Waals surface area contributed by atoms with E-state index in [0.29, 0.717) is 26.5 Å². The number of benzene rings is 2. The summed E-state index contributed by atoms with van der Waals surface area (Å²) in [6, 6.07) is 11.0. The molecule has 0 saturated carbocycles. The van der Waals surface area contributed by atoms with Crippen LogP contribution in [-0.2, 0) is 4.79 Å². The topological polar surface area (TPSA) is 29.5 Å². The number of thiocarbonyl (C=S) groups is 1.